The molecule has 3 aromatic carbocycles. The van der Waals surface area contributed by atoms with Gasteiger partial charge in [0.05, 0.1) is 6.61 Å². The highest BCUT2D eigenvalue weighted by molar-refractivity contribution is 6.37. The van der Waals surface area contributed by atoms with E-state index in [0.717, 1.165) is 10.8 Å². The molecule has 0 saturated heterocycles. The average Bonchev–Trinajstić information content (AvgIpc) is 2.71. The van der Waals surface area contributed by atoms with Crippen LogP contribution < -0.4 is 5.32 Å². The highest BCUT2D eigenvalue weighted by atomic mass is 16.5. The van der Waals surface area contributed by atoms with E-state index < -0.39 is 12.0 Å². The van der Waals surface area contributed by atoms with Crippen molar-refractivity contribution in [1.82, 2.24) is 5.32 Å². The Hall–Kier alpha value is -3.47. The first-order valence-electron chi connectivity index (χ1n) is 8.71. The monoisotopic (exact) mass is 360 g/mol. The maximum atomic E-state index is 13.0. The lowest BCUT2D eigenvalue weighted by Crippen LogP contribution is -2.37. The number of fused-ring (bicyclic) bond motifs is 1. The SMILES string of the molecule is CCOC(=O)C(=N)C(NC(=O)c1cccc2ccccc12)c1ccccc1. The van der Waals surface area contributed by atoms with Crippen molar-refractivity contribution >= 4 is 28.4 Å². The van der Waals surface area contributed by atoms with E-state index in [9.17, 15) is 9.59 Å². The Labute approximate surface area is 157 Å². The Balaban J connectivity index is 1.95. The molecule has 136 valence electrons. The summed E-state index contributed by atoms with van der Waals surface area (Å²) in [5.41, 5.74) is 0.825. The molecule has 0 spiro atoms. The highest BCUT2D eigenvalue weighted by Gasteiger charge is 2.26. The first-order chi connectivity index (χ1) is 13.1. The van der Waals surface area contributed by atoms with E-state index >= 15 is 0 Å². The molecule has 3 aromatic rings. The lowest BCUT2D eigenvalue weighted by Gasteiger charge is -2.20. The third kappa shape index (κ3) is 4.03. The molecule has 5 heteroatoms. The van der Waals surface area contributed by atoms with E-state index in [0.29, 0.717) is 11.1 Å². The Bertz CT molecular complexity index is 978. The molecule has 0 aromatic heterocycles. The van der Waals surface area contributed by atoms with Gasteiger partial charge in [0, 0.05) is 5.56 Å². The zero-order chi connectivity index (χ0) is 19.2. The number of rotatable bonds is 6. The Morgan fingerprint density at radius 2 is 1.63 bits per heavy atom. The summed E-state index contributed by atoms with van der Waals surface area (Å²) >= 11 is 0. The van der Waals surface area contributed by atoms with Crippen molar-refractivity contribution < 1.29 is 14.3 Å². The van der Waals surface area contributed by atoms with Crippen LogP contribution in [0.1, 0.15) is 28.9 Å². The largest absolute Gasteiger partial charge is 0.461 e. The summed E-state index contributed by atoms with van der Waals surface area (Å²) in [5, 5.41) is 12.8. The van der Waals surface area contributed by atoms with E-state index in [1.165, 1.54) is 0 Å². The normalized spacial score (nSPS) is 11.6. The van der Waals surface area contributed by atoms with E-state index in [-0.39, 0.29) is 18.2 Å². The van der Waals surface area contributed by atoms with Gasteiger partial charge >= 0.3 is 5.97 Å². The van der Waals surface area contributed by atoms with E-state index in [4.69, 9.17) is 10.1 Å². The van der Waals surface area contributed by atoms with Gasteiger partial charge in [-0.05, 0) is 29.3 Å². The van der Waals surface area contributed by atoms with E-state index in [1.807, 2.05) is 42.5 Å². The van der Waals surface area contributed by atoms with Crippen LogP contribution in [0.4, 0.5) is 0 Å². The number of benzene rings is 3. The van der Waals surface area contributed by atoms with Crippen LogP contribution in [0.3, 0.4) is 0 Å². The fraction of sp³-hybridized carbons (Fsp3) is 0.136. The predicted molar refractivity (Wildman–Crippen MR) is 105 cm³/mol. The number of carbonyl (C=O) groups excluding carboxylic acids is 2. The minimum absolute atomic E-state index is 0.167. The van der Waals surface area contributed by atoms with Crippen molar-refractivity contribution in [2.75, 3.05) is 6.61 Å². The molecular weight excluding hydrogens is 340 g/mol. The number of amides is 1. The van der Waals surface area contributed by atoms with Crippen LogP contribution >= 0.6 is 0 Å². The summed E-state index contributed by atoms with van der Waals surface area (Å²) < 4.78 is 4.95. The minimum Gasteiger partial charge on any atom is -0.461 e. The van der Waals surface area contributed by atoms with Gasteiger partial charge in [0.2, 0.25) is 0 Å². The number of carbonyl (C=O) groups is 2. The fourth-order valence-electron chi connectivity index (χ4n) is 2.93. The summed E-state index contributed by atoms with van der Waals surface area (Å²) in [6, 6.07) is 21.1. The lowest BCUT2D eigenvalue weighted by atomic mass is 10.00. The van der Waals surface area contributed by atoms with Crippen molar-refractivity contribution in [3.05, 3.63) is 83.9 Å². The molecule has 0 aliphatic rings. The third-order valence-corrected chi connectivity index (χ3v) is 4.23. The minimum atomic E-state index is -0.892. The first kappa shape index (κ1) is 18.3. The Morgan fingerprint density at radius 1 is 0.963 bits per heavy atom. The topological polar surface area (TPSA) is 79.2 Å². The van der Waals surface area contributed by atoms with Gasteiger partial charge in [-0.25, -0.2) is 4.79 Å². The molecule has 1 unspecified atom stereocenters. The smallest absolute Gasteiger partial charge is 0.354 e. The summed E-state index contributed by atoms with van der Waals surface area (Å²) in [6.45, 7) is 1.84. The molecule has 0 radical (unpaired) electrons. The molecule has 27 heavy (non-hydrogen) atoms. The molecule has 0 bridgehead atoms. The number of ether oxygens (including phenoxy) is 1. The van der Waals surface area contributed by atoms with Gasteiger partial charge in [-0.2, -0.15) is 0 Å². The summed E-state index contributed by atoms with van der Waals surface area (Å²) in [6.07, 6.45) is 0. The molecule has 0 aliphatic carbocycles. The van der Waals surface area contributed by atoms with Crippen LogP contribution in [-0.2, 0) is 9.53 Å². The molecule has 0 fully saturated rings. The zero-order valence-electron chi connectivity index (χ0n) is 14.9. The second-order valence-corrected chi connectivity index (χ2v) is 5.98. The molecule has 1 amide bonds. The summed E-state index contributed by atoms with van der Waals surface area (Å²) in [4.78, 5) is 25.1. The van der Waals surface area contributed by atoms with Gasteiger partial charge in [-0.15, -0.1) is 0 Å². The van der Waals surface area contributed by atoms with Gasteiger partial charge < -0.3 is 10.1 Å². The first-order valence-corrected chi connectivity index (χ1v) is 8.71. The molecule has 5 nitrogen and oxygen atoms in total. The van der Waals surface area contributed by atoms with Crippen molar-refractivity contribution in [3.8, 4) is 0 Å². The fourth-order valence-corrected chi connectivity index (χ4v) is 2.93. The number of esters is 1. The molecule has 0 heterocycles. The van der Waals surface area contributed by atoms with Gasteiger partial charge in [-0.1, -0.05) is 66.7 Å². The van der Waals surface area contributed by atoms with Crippen LogP contribution in [0.2, 0.25) is 0 Å². The quantitative estimate of drug-likeness (QED) is 0.517. The summed E-state index contributed by atoms with van der Waals surface area (Å²) in [5.74, 6) is -1.10. The second-order valence-electron chi connectivity index (χ2n) is 5.98. The van der Waals surface area contributed by atoms with Crippen LogP contribution in [0.25, 0.3) is 10.8 Å². The summed E-state index contributed by atoms with van der Waals surface area (Å²) in [7, 11) is 0. The Morgan fingerprint density at radius 3 is 2.37 bits per heavy atom. The molecular formula is C22H20N2O3. The van der Waals surface area contributed by atoms with Gasteiger partial charge in [-0.3, -0.25) is 10.2 Å². The van der Waals surface area contributed by atoms with E-state index in [1.54, 1.807) is 37.3 Å². The maximum Gasteiger partial charge on any atom is 0.354 e. The van der Waals surface area contributed by atoms with Crippen molar-refractivity contribution in [2.45, 2.75) is 13.0 Å². The van der Waals surface area contributed by atoms with Crippen molar-refractivity contribution in [2.24, 2.45) is 0 Å². The van der Waals surface area contributed by atoms with Gasteiger partial charge in [0.15, 0.2) is 0 Å². The van der Waals surface area contributed by atoms with Crippen molar-refractivity contribution in [1.29, 1.82) is 5.41 Å². The zero-order valence-corrected chi connectivity index (χ0v) is 14.9. The lowest BCUT2D eigenvalue weighted by molar-refractivity contribution is -0.135. The number of nitrogens with one attached hydrogen (secondary N) is 2. The standard InChI is InChI=1S/C22H20N2O3/c1-2-27-22(26)19(23)20(16-10-4-3-5-11-16)24-21(25)18-14-8-12-15-9-6-7-13-17(15)18/h3-14,20,23H,2H2,1H3,(H,24,25). The molecule has 2 N–H and O–H groups in total. The van der Waals surface area contributed by atoms with Crippen LogP contribution in [0, 0.1) is 5.41 Å². The van der Waals surface area contributed by atoms with Crippen LogP contribution in [-0.4, -0.2) is 24.2 Å². The van der Waals surface area contributed by atoms with Gasteiger partial charge in [0.1, 0.15) is 11.8 Å². The predicted octanol–water partition coefficient (Wildman–Crippen LogP) is 3.89. The third-order valence-electron chi connectivity index (χ3n) is 4.23. The number of hydrogen-bond acceptors (Lipinski definition) is 4. The molecule has 0 saturated carbocycles. The molecule has 0 aliphatic heterocycles. The van der Waals surface area contributed by atoms with Crippen LogP contribution in [0.5, 0.6) is 0 Å². The second kappa shape index (κ2) is 8.27. The van der Waals surface area contributed by atoms with E-state index in [2.05, 4.69) is 5.32 Å². The Kier molecular flexibility index (Phi) is 5.61. The number of hydrogen-bond donors (Lipinski definition) is 2. The van der Waals surface area contributed by atoms with Gasteiger partial charge in [0.25, 0.3) is 5.91 Å². The van der Waals surface area contributed by atoms with Crippen molar-refractivity contribution in [3.63, 3.8) is 0 Å². The highest BCUT2D eigenvalue weighted by Crippen LogP contribution is 2.21. The maximum absolute atomic E-state index is 13.0. The molecule has 1 atom stereocenters. The average molecular weight is 360 g/mol. The molecule has 3 rings (SSSR count). The van der Waals surface area contributed by atoms with Crippen LogP contribution in [0.15, 0.2) is 72.8 Å².